The third-order valence-electron chi connectivity index (χ3n) is 3.41. The molecule has 2 aromatic rings. The highest BCUT2D eigenvalue weighted by Crippen LogP contribution is 2.26. The van der Waals surface area contributed by atoms with E-state index < -0.39 is 5.97 Å². The van der Waals surface area contributed by atoms with E-state index in [-0.39, 0.29) is 5.82 Å². The lowest BCUT2D eigenvalue weighted by Crippen LogP contribution is -2.30. The number of anilines is 1. The van der Waals surface area contributed by atoms with Crippen molar-refractivity contribution >= 4 is 22.7 Å². The second-order valence-corrected chi connectivity index (χ2v) is 4.95. The number of hydrogen-bond donors (Lipinski definition) is 1. The summed E-state index contributed by atoms with van der Waals surface area (Å²) in [5.74, 6) is -0.535. The summed E-state index contributed by atoms with van der Waals surface area (Å²) in [6.07, 6.45) is 3.16. The van der Waals surface area contributed by atoms with Gasteiger partial charge in [-0.05, 0) is 25.5 Å². The molecule has 0 fully saturated rings. The van der Waals surface area contributed by atoms with Gasteiger partial charge in [-0.2, -0.15) is 0 Å². The number of carboxylic acid groups (broad SMARTS) is 1. The Kier molecular flexibility index (Phi) is 3.10. The lowest BCUT2D eigenvalue weighted by molar-refractivity contribution is 0.0684. The van der Waals surface area contributed by atoms with Crippen LogP contribution in [0.25, 0.3) is 10.9 Å². The average Bonchev–Trinajstić information content (AvgIpc) is 2.46. The molecule has 0 unspecified atom stereocenters. The van der Waals surface area contributed by atoms with E-state index in [0.29, 0.717) is 11.3 Å². The number of hydrogen-bond acceptors (Lipinski definition) is 4. The molecule has 1 aromatic heterocycles. The Bertz CT molecular complexity index is 709. The molecule has 0 bridgehead atoms. The standard InChI is InChI=1S/C15H15N3O2/c1-10-5-4-8-18(9-10)14-11-6-2-3-7-12(11)16-13(17-14)15(19)20/h2-3,5-7H,4,8-9H2,1H3,(H,19,20). The largest absolute Gasteiger partial charge is 0.475 e. The Hall–Kier alpha value is -2.43. The molecule has 5 heteroatoms. The summed E-state index contributed by atoms with van der Waals surface area (Å²) >= 11 is 0. The summed E-state index contributed by atoms with van der Waals surface area (Å²) in [7, 11) is 0. The van der Waals surface area contributed by atoms with Gasteiger partial charge in [-0.15, -0.1) is 0 Å². The van der Waals surface area contributed by atoms with Gasteiger partial charge in [-0.3, -0.25) is 0 Å². The van der Waals surface area contributed by atoms with E-state index in [0.717, 1.165) is 24.9 Å². The monoisotopic (exact) mass is 269 g/mol. The first kappa shape index (κ1) is 12.6. The van der Waals surface area contributed by atoms with E-state index in [9.17, 15) is 4.79 Å². The predicted molar refractivity (Wildman–Crippen MR) is 77.1 cm³/mol. The second kappa shape index (κ2) is 4.92. The second-order valence-electron chi connectivity index (χ2n) is 4.95. The van der Waals surface area contributed by atoms with Crippen LogP contribution in [0.4, 0.5) is 5.82 Å². The molecule has 3 rings (SSSR count). The molecule has 0 atom stereocenters. The van der Waals surface area contributed by atoms with E-state index in [2.05, 4.69) is 27.9 Å². The number of rotatable bonds is 2. The van der Waals surface area contributed by atoms with Crippen molar-refractivity contribution in [1.29, 1.82) is 0 Å². The molecule has 1 aromatic carbocycles. The molecule has 1 N–H and O–H groups in total. The van der Waals surface area contributed by atoms with Crippen LogP contribution in [0.1, 0.15) is 24.0 Å². The van der Waals surface area contributed by atoms with Gasteiger partial charge in [0.2, 0.25) is 5.82 Å². The predicted octanol–water partition coefficient (Wildman–Crippen LogP) is 2.48. The number of nitrogens with zero attached hydrogens (tertiary/aromatic N) is 3. The number of aromatic carboxylic acids is 1. The third kappa shape index (κ3) is 2.22. The summed E-state index contributed by atoms with van der Waals surface area (Å²) in [6.45, 7) is 3.70. The number of carboxylic acids is 1. The van der Waals surface area contributed by atoms with Crippen molar-refractivity contribution < 1.29 is 9.90 Å². The molecule has 1 aliphatic heterocycles. The van der Waals surface area contributed by atoms with Gasteiger partial charge in [0.25, 0.3) is 0 Å². The molecular weight excluding hydrogens is 254 g/mol. The van der Waals surface area contributed by atoms with Gasteiger partial charge in [-0.1, -0.05) is 23.8 Å². The molecule has 0 spiro atoms. The Balaban J connectivity index is 2.17. The van der Waals surface area contributed by atoms with Crippen LogP contribution in [0.15, 0.2) is 35.9 Å². The summed E-state index contributed by atoms with van der Waals surface area (Å²) in [5.41, 5.74) is 1.94. The first-order chi connectivity index (χ1) is 9.65. The average molecular weight is 269 g/mol. The molecule has 0 aliphatic carbocycles. The number of benzene rings is 1. The number of para-hydroxylation sites is 1. The van der Waals surface area contributed by atoms with Gasteiger partial charge in [-0.25, -0.2) is 14.8 Å². The van der Waals surface area contributed by atoms with Crippen LogP contribution in [-0.2, 0) is 0 Å². The van der Waals surface area contributed by atoms with Crippen LogP contribution < -0.4 is 4.90 Å². The zero-order chi connectivity index (χ0) is 14.1. The molecule has 2 heterocycles. The molecule has 0 amide bonds. The Morgan fingerprint density at radius 1 is 1.30 bits per heavy atom. The maximum absolute atomic E-state index is 11.2. The highest BCUT2D eigenvalue weighted by molar-refractivity contribution is 5.94. The van der Waals surface area contributed by atoms with Crippen LogP contribution in [0.2, 0.25) is 0 Å². The zero-order valence-electron chi connectivity index (χ0n) is 11.2. The van der Waals surface area contributed by atoms with Crippen molar-refractivity contribution in [3.05, 3.63) is 41.7 Å². The van der Waals surface area contributed by atoms with Crippen molar-refractivity contribution in [1.82, 2.24) is 9.97 Å². The van der Waals surface area contributed by atoms with E-state index in [1.54, 1.807) is 0 Å². The van der Waals surface area contributed by atoms with Crippen LogP contribution >= 0.6 is 0 Å². The first-order valence-electron chi connectivity index (χ1n) is 6.56. The van der Waals surface area contributed by atoms with Gasteiger partial charge in [0.1, 0.15) is 5.82 Å². The van der Waals surface area contributed by atoms with E-state index >= 15 is 0 Å². The van der Waals surface area contributed by atoms with Gasteiger partial charge >= 0.3 is 5.97 Å². The van der Waals surface area contributed by atoms with Crippen LogP contribution in [0.3, 0.4) is 0 Å². The minimum Gasteiger partial charge on any atom is -0.475 e. The fraction of sp³-hybridized carbons (Fsp3) is 0.267. The SMILES string of the molecule is CC1=CCCN(c2nc(C(=O)O)nc3ccccc23)C1. The highest BCUT2D eigenvalue weighted by atomic mass is 16.4. The summed E-state index contributed by atoms with van der Waals surface area (Å²) in [4.78, 5) is 21.6. The topological polar surface area (TPSA) is 66.3 Å². The van der Waals surface area contributed by atoms with Gasteiger partial charge in [0, 0.05) is 18.5 Å². The van der Waals surface area contributed by atoms with Gasteiger partial charge in [0.05, 0.1) is 5.52 Å². The molecular formula is C15H15N3O2. The van der Waals surface area contributed by atoms with Gasteiger partial charge < -0.3 is 10.0 Å². The van der Waals surface area contributed by atoms with Crippen LogP contribution in [0, 0.1) is 0 Å². The van der Waals surface area contributed by atoms with Crippen LogP contribution in [0.5, 0.6) is 0 Å². The molecule has 102 valence electrons. The maximum atomic E-state index is 11.2. The van der Waals surface area contributed by atoms with E-state index in [1.807, 2.05) is 24.3 Å². The lowest BCUT2D eigenvalue weighted by Gasteiger charge is -2.28. The summed E-state index contributed by atoms with van der Waals surface area (Å²) in [6, 6.07) is 7.53. The zero-order valence-corrected chi connectivity index (χ0v) is 11.2. The molecule has 1 aliphatic rings. The minimum absolute atomic E-state index is 0.147. The third-order valence-corrected chi connectivity index (χ3v) is 3.41. The van der Waals surface area contributed by atoms with Crippen molar-refractivity contribution in [2.45, 2.75) is 13.3 Å². The smallest absolute Gasteiger partial charge is 0.374 e. The van der Waals surface area contributed by atoms with E-state index in [4.69, 9.17) is 5.11 Å². The van der Waals surface area contributed by atoms with E-state index in [1.165, 1.54) is 5.57 Å². The first-order valence-corrected chi connectivity index (χ1v) is 6.56. The number of carbonyl (C=O) groups is 1. The number of aromatic nitrogens is 2. The van der Waals surface area contributed by atoms with Gasteiger partial charge in [0.15, 0.2) is 0 Å². The lowest BCUT2D eigenvalue weighted by atomic mass is 10.1. The fourth-order valence-electron chi connectivity index (χ4n) is 2.49. The van der Waals surface area contributed by atoms with Crippen LogP contribution in [-0.4, -0.2) is 34.1 Å². The Morgan fingerprint density at radius 2 is 2.10 bits per heavy atom. The molecule has 5 nitrogen and oxygen atoms in total. The minimum atomic E-state index is -1.10. The van der Waals surface area contributed by atoms with Crippen molar-refractivity contribution in [3.63, 3.8) is 0 Å². The molecule has 0 radical (unpaired) electrons. The Morgan fingerprint density at radius 3 is 2.85 bits per heavy atom. The summed E-state index contributed by atoms with van der Waals surface area (Å²) < 4.78 is 0. The fourth-order valence-corrected chi connectivity index (χ4v) is 2.49. The molecule has 0 saturated carbocycles. The quantitative estimate of drug-likeness (QED) is 0.848. The summed E-state index contributed by atoms with van der Waals surface area (Å²) in [5, 5.41) is 10.1. The highest BCUT2D eigenvalue weighted by Gasteiger charge is 2.18. The Labute approximate surface area is 116 Å². The number of fused-ring (bicyclic) bond motifs is 1. The van der Waals surface area contributed by atoms with Crippen molar-refractivity contribution in [2.75, 3.05) is 18.0 Å². The normalized spacial score (nSPS) is 15.2. The van der Waals surface area contributed by atoms with Crippen molar-refractivity contribution in [2.24, 2.45) is 0 Å². The maximum Gasteiger partial charge on any atom is 0.374 e. The molecule has 0 saturated heterocycles. The molecule has 20 heavy (non-hydrogen) atoms. The van der Waals surface area contributed by atoms with Crippen molar-refractivity contribution in [3.8, 4) is 0 Å².